The summed E-state index contributed by atoms with van der Waals surface area (Å²) in [5.74, 6) is -1.12. The molecule has 31 heavy (non-hydrogen) atoms. The molecule has 8 nitrogen and oxygen atoms in total. The Bertz CT molecular complexity index is 1050. The molecule has 9 heteroatoms. The van der Waals surface area contributed by atoms with Gasteiger partial charge in [0.25, 0.3) is 5.91 Å². The molecule has 0 aromatic heterocycles. The summed E-state index contributed by atoms with van der Waals surface area (Å²) >= 11 is 0. The Hall–Kier alpha value is -3.88. The van der Waals surface area contributed by atoms with E-state index in [9.17, 15) is 18.8 Å². The number of hydrogen-bond donors (Lipinski definition) is 2. The summed E-state index contributed by atoms with van der Waals surface area (Å²) in [6.45, 7) is 3.13. The minimum Gasteiger partial charge on any atom is -0.493 e. The summed E-state index contributed by atoms with van der Waals surface area (Å²) in [6, 6.07) is 9.99. The van der Waals surface area contributed by atoms with Gasteiger partial charge in [-0.2, -0.15) is 0 Å². The number of nitrogens with one attached hydrogen (secondary N) is 2. The number of carbonyl (C=O) groups excluding carboxylic acids is 3. The maximum atomic E-state index is 13.7. The van der Waals surface area contributed by atoms with Gasteiger partial charge in [-0.3, -0.25) is 9.59 Å². The number of halogens is 1. The van der Waals surface area contributed by atoms with Crippen molar-refractivity contribution in [3.63, 3.8) is 0 Å². The summed E-state index contributed by atoms with van der Waals surface area (Å²) in [5.41, 5.74) is 0.460. The number of anilines is 1. The summed E-state index contributed by atoms with van der Waals surface area (Å²) < 4.78 is 24.8. The molecule has 1 fully saturated rings. The molecule has 3 rings (SSSR count). The van der Waals surface area contributed by atoms with Crippen LogP contribution in [0, 0.1) is 5.82 Å². The lowest BCUT2D eigenvalue weighted by Gasteiger charge is -2.16. The van der Waals surface area contributed by atoms with Crippen LogP contribution in [0.2, 0.25) is 0 Å². The lowest BCUT2D eigenvalue weighted by molar-refractivity contribution is -0.127. The highest BCUT2D eigenvalue weighted by atomic mass is 19.1. The molecule has 1 heterocycles. The predicted molar refractivity (Wildman–Crippen MR) is 112 cm³/mol. The molecule has 0 aliphatic carbocycles. The molecule has 1 aliphatic rings. The molecule has 0 bridgehead atoms. The highest BCUT2D eigenvalue weighted by Gasteiger charge is 2.35. The number of amides is 4. The second-order valence-corrected chi connectivity index (χ2v) is 6.95. The van der Waals surface area contributed by atoms with Crippen LogP contribution in [-0.4, -0.2) is 42.5 Å². The first-order valence-corrected chi connectivity index (χ1v) is 9.52. The second kappa shape index (κ2) is 9.29. The standard InChI is InChI=1S/C22H22FN3O5/c1-13(2)31-20-14(7-6-10-18(20)30-3)11-17-21(28)26(22(29)25-17)12-19(27)24-16-9-5-4-8-15(16)23/h4-11,13H,12H2,1-3H3,(H,24,27)(H,25,29)/b17-11+. The van der Waals surface area contributed by atoms with Gasteiger partial charge in [0.1, 0.15) is 18.1 Å². The number of benzene rings is 2. The first-order chi connectivity index (χ1) is 14.8. The third-order valence-electron chi connectivity index (χ3n) is 4.29. The van der Waals surface area contributed by atoms with Crippen molar-refractivity contribution < 1.29 is 28.2 Å². The fourth-order valence-corrected chi connectivity index (χ4v) is 2.94. The number of para-hydroxylation sites is 2. The number of methoxy groups -OCH3 is 1. The van der Waals surface area contributed by atoms with E-state index in [1.807, 2.05) is 13.8 Å². The predicted octanol–water partition coefficient (Wildman–Crippen LogP) is 3.15. The molecule has 2 N–H and O–H groups in total. The third-order valence-corrected chi connectivity index (χ3v) is 4.29. The number of imide groups is 1. The number of ether oxygens (including phenoxy) is 2. The van der Waals surface area contributed by atoms with Crippen LogP contribution in [0.4, 0.5) is 14.9 Å². The lowest BCUT2D eigenvalue weighted by Crippen LogP contribution is -2.38. The fraction of sp³-hybridized carbons (Fsp3) is 0.227. The van der Waals surface area contributed by atoms with Gasteiger partial charge < -0.3 is 20.1 Å². The third kappa shape index (κ3) is 5.00. The van der Waals surface area contributed by atoms with Crippen molar-refractivity contribution in [1.29, 1.82) is 0 Å². The van der Waals surface area contributed by atoms with Gasteiger partial charge in [0, 0.05) is 5.56 Å². The monoisotopic (exact) mass is 427 g/mol. The zero-order chi connectivity index (χ0) is 22.5. The highest BCUT2D eigenvalue weighted by molar-refractivity contribution is 6.16. The molecule has 0 atom stereocenters. The number of urea groups is 1. The molecule has 4 amide bonds. The first-order valence-electron chi connectivity index (χ1n) is 9.52. The van der Waals surface area contributed by atoms with Crippen LogP contribution in [0.15, 0.2) is 48.2 Å². The zero-order valence-corrected chi connectivity index (χ0v) is 17.3. The Morgan fingerprint density at radius 2 is 1.94 bits per heavy atom. The van der Waals surface area contributed by atoms with Crippen molar-refractivity contribution in [3.05, 3.63) is 59.5 Å². The average Bonchev–Trinajstić information content (AvgIpc) is 2.98. The normalized spacial score (nSPS) is 14.7. The van der Waals surface area contributed by atoms with Gasteiger partial charge in [-0.05, 0) is 38.1 Å². The van der Waals surface area contributed by atoms with Crippen molar-refractivity contribution >= 4 is 29.6 Å². The first kappa shape index (κ1) is 21.8. The van der Waals surface area contributed by atoms with Gasteiger partial charge in [0.2, 0.25) is 5.91 Å². The molecule has 2 aromatic carbocycles. The molecule has 0 unspecified atom stereocenters. The SMILES string of the molecule is COc1cccc(/C=C2/NC(=O)N(CC(=O)Nc3ccccc3F)C2=O)c1OC(C)C. The molecule has 162 valence electrons. The Morgan fingerprint density at radius 1 is 1.19 bits per heavy atom. The topological polar surface area (TPSA) is 97.0 Å². The molecular formula is C22H22FN3O5. The summed E-state index contributed by atoms with van der Waals surface area (Å²) in [7, 11) is 1.50. The quantitative estimate of drug-likeness (QED) is 0.523. The number of carbonyl (C=O) groups is 3. The van der Waals surface area contributed by atoms with Crippen LogP contribution in [-0.2, 0) is 9.59 Å². The molecular weight excluding hydrogens is 405 g/mol. The van der Waals surface area contributed by atoms with E-state index in [2.05, 4.69) is 10.6 Å². The van der Waals surface area contributed by atoms with Crippen molar-refractivity contribution in [2.24, 2.45) is 0 Å². The highest BCUT2D eigenvalue weighted by Crippen LogP contribution is 2.33. The Kier molecular flexibility index (Phi) is 6.54. The number of nitrogens with zero attached hydrogens (tertiary/aromatic N) is 1. The molecule has 0 saturated carbocycles. The van der Waals surface area contributed by atoms with E-state index in [4.69, 9.17) is 9.47 Å². The Labute approximate surface area is 178 Å². The van der Waals surface area contributed by atoms with Crippen molar-refractivity contribution in [2.75, 3.05) is 19.0 Å². The minimum absolute atomic E-state index is 0.0226. The maximum Gasteiger partial charge on any atom is 0.329 e. The summed E-state index contributed by atoms with van der Waals surface area (Å²) in [4.78, 5) is 37.9. The molecule has 0 spiro atoms. The van der Waals surface area contributed by atoms with Crippen LogP contribution < -0.4 is 20.1 Å². The van der Waals surface area contributed by atoms with Gasteiger partial charge in [-0.15, -0.1) is 0 Å². The average molecular weight is 427 g/mol. The van der Waals surface area contributed by atoms with E-state index in [-0.39, 0.29) is 17.5 Å². The lowest BCUT2D eigenvalue weighted by atomic mass is 10.1. The van der Waals surface area contributed by atoms with Crippen LogP contribution in [0.1, 0.15) is 19.4 Å². The van der Waals surface area contributed by atoms with Crippen molar-refractivity contribution in [3.8, 4) is 11.5 Å². The Balaban J connectivity index is 1.79. The molecule has 2 aromatic rings. The van der Waals surface area contributed by atoms with E-state index in [0.29, 0.717) is 17.1 Å². The largest absolute Gasteiger partial charge is 0.493 e. The van der Waals surface area contributed by atoms with Crippen LogP contribution in [0.3, 0.4) is 0 Å². The van der Waals surface area contributed by atoms with Crippen LogP contribution in [0.25, 0.3) is 6.08 Å². The van der Waals surface area contributed by atoms with Gasteiger partial charge in [0.05, 0.1) is 18.9 Å². The van der Waals surface area contributed by atoms with Crippen molar-refractivity contribution in [2.45, 2.75) is 20.0 Å². The Morgan fingerprint density at radius 3 is 2.61 bits per heavy atom. The fourth-order valence-electron chi connectivity index (χ4n) is 2.94. The maximum absolute atomic E-state index is 13.7. The summed E-state index contributed by atoms with van der Waals surface area (Å²) in [5, 5.41) is 4.79. The number of hydrogen-bond acceptors (Lipinski definition) is 5. The van der Waals surface area contributed by atoms with Gasteiger partial charge in [-0.1, -0.05) is 24.3 Å². The molecule has 1 saturated heterocycles. The van der Waals surface area contributed by atoms with Crippen LogP contribution >= 0.6 is 0 Å². The zero-order valence-electron chi connectivity index (χ0n) is 17.3. The smallest absolute Gasteiger partial charge is 0.329 e. The van der Waals surface area contributed by atoms with Crippen molar-refractivity contribution in [1.82, 2.24) is 10.2 Å². The van der Waals surface area contributed by atoms with Gasteiger partial charge in [-0.25, -0.2) is 14.1 Å². The van der Waals surface area contributed by atoms with E-state index in [0.717, 1.165) is 4.90 Å². The van der Waals surface area contributed by atoms with E-state index in [1.54, 1.807) is 24.3 Å². The van der Waals surface area contributed by atoms with E-state index in [1.165, 1.54) is 31.4 Å². The van der Waals surface area contributed by atoms with Crippen LogP contribution in [0.5, 0.6) is 11.5 Å². The van der Waals surface area contributed by atoms with E-state index < -0.39 is 30.2 Å². The van der Waals surface area contributed by atoms with Gasteiger partial charge >= 0.3 is 6.03 Å². The van der Waals surface area contributed by atoms with E-state index >= 15 is 0 Å². The van der Waals surface area contributed by atoms with Gasteiger partial charge in [0.15, 0.2) is 11.5 Å². The molecule has 1 aliphatic heterocycles. The minimum atomic E-state index is -0.755. The summed E-state index contributed by atoms with van der Waals surface area (Å²) in [6.07, 6.45) is 1.30. The molecule has 0 radical (unpaired) electrons. The number of rotatable bonds is 7. The second-order valence-electron chi connectivity index (χ2n) is 6.95.